The summed E-state index contributed by atoms with van der Waals surface area (Å²) in [6.07, 6.45) is 0.706. The lowest BCUT2D eigenvalue weighted by Crippen LogP contribution is -2.27. The predicted octanol–water partition coefficient (Wildman–Crippen LogP) is 6.05. The molecule has 1 saturated carbocycles. The number of hydrogen-bond acceptors (Lipinski definition) is 2. The zero-order valence-corrected chi connectivity index (χ0v) is 14.9. The Labute approximate surface area is 141 Å². The van der Waals surface area contributed by atoms with Crippen LogP contribution in [0.25, 0.3) is 0 Å². The van der Waals surface area contributed by atoms with E-state index in [0.29, 0.717) is 17.2 Å². The van der Waals surface area contributed by atoms with Crippen LogP contribution in [0.4, 0.5) is 13.2 Å². The third-order valence-corrected chi connectivity index (χ3v) is 5.82. The minimum Gasteiger partial charge on any atom is -0.259 e. The van der Waals surface area contributed by atoms with Crippen LogP contribution in [-0.2, 0) is 12.7 Å². The molecule has 1 aromatic carbocycles. The Hall–Kier alpha value is -0.680. The molecule has 130 valence electrons. The zero-order chi connectivity index (χ0) is 17.1. The third-order valence-electron chi connectivity index (χ3n) is 4.71. The van der Waals surface area contributed by atoms with Crippen LogP contribution in [0.5, 0.6) is 0 Å². The number of halogens is 3. The van der Waals surface area contributed by atoms with Gasteiger partial charge in [0.05, 0.1) is 5.56 Å². The van der Waals surface area contributed by atoms with E-state index in [-0.39, 0.29) is 0 Å². The molecule has 0 saturated heterocycles. The van der Waals surface area contributed by atoms with Gasteiger partial charge in [0.15, 0.2) is 0 Å². The first-order valence-corrected chi connectivity index (χ1v) is 9.09. The van der Waals surface area contributed by atoms with E-state index in [0.717, 1.165) is 23.6 Å². The number of benzene rings is 1. The molecular formula is C18H26F3NS. The fourth-order valence-corrected chi connectivity index (χ4v) is 4.09. The van der Waals surface area contributed by atoms with E-state index in [4.69, 9.17) is 0 Å². The molecule has 1 fully saturated rings. The summed E-state index contributed by atoms with van der Waals surface area (Å²) in [5.74, 6) is 0.800. The highest BCUT2D eigenvalue weighted by Crippen LogP contribution is 2.40. The maximum absolute atomic E-state index is 12.5. The van der Waals surface area contributed by atoms with E-state index in [9.17, 15) is 13.2 Å². The maximum Gasteiger partial charge on any atom is 0.416 e. The van der Waals surface area contributed by atoms with E-state index in [2.05, 4.69) is 25.5 Å². The quantitative estimate of drug-likeness (QED) is 0.667. The van der Waals surface area contributed by atoms with E-state index >= 15 is 0 Å². The Morgan fingerprint density at radius 2 is 1.57 bits per heavy atom. The summed E-state index contributed by atoms with van der Waals surface area (Å²) >= 11 is 1.74. The van der Waals surface area contributed by atoms with Gasteiger partial charge in [-0.25, -0.2) is 0 Å². The van der Waals surface area contributed by atoms with Gasteiger partial charge in [-0.3, -0.25) is 4.72 Å². The van der Waals surface area contributed by atoms with Crippen LogP contribution in [0.1, 0.15) is 57.6 Å². The molecule has 1 aliphatic carbocycles. The highest BCUT2D eigenvalue weighted by molar-refractivity contribution is 7.98. The standard InChI is InChI=1S/C18H26F3NS/c1-17(2,3)14-8-10-16(11-9-14)23-22-12-13-4-6-15(7-5-13)18(19,20)21/h4-7,14,16,22H,8-12H2,1-3H3. The van der Waals surface area contributed by atoms with Gasteiger partial charge in [-0.05, 0) is 54.7 Å². The molecule has 1 nitrogen and oxygen atoms in total. The second-order valence-electron chi connectivity index (χ2n) is 7.47. The normalized spacial score (nSPS) is 23.0. The maximum atomic E-state index is 12.5. The van der Waals surface area contributed by atoms with Gasteiger partial charge in [0.2, 0.25) is 0 Å². The molecule has 0 aliphatic heterocycles. The molecule has 2 rings (SSSR count). The summed E-state index contributed by atoms with van der Waals surface area (Å²) in [5.41, 5.74) is 0.687. The van der Waals surface area contributed by atoms with Crippen molar-refractivity contribution in [3.8, 4) is 0 Å². The van der Waals surface area contributed by atoms with E-state index in [1.54, 1.807) is 24.1 Å². The van der Waals surface area contributed by atoms with Gasteiger partial charge in [-0.15, -0.1) is 0 Å². The van der Waals surface area contributed by atoms with Crippen molar-refractivity contribution in [2.75, 3.05) is 0 Å². The van der Waals surface area contributed by atoms with Crippen molar-refractivity contribution in [2.24, 2.45) is 11.3 Å². The van der Waals surface area contributed by atoms with Crippen molar-refractivity contribution in [3.05, 3.63) is 35.4 Å². The van der Waals surface area contributed by atoms with Crippen molar-refractivity contribution in [1.82, 2.24) is 4.72 Å². The van der Waals surface area contributed by atoms with Crippen molar-refractivity contribution >= 4 is 11.9 Å². The van der Waals surface area contributed by atoms with Crippen LogP contribution in [-0.4, -0.2) is 5.25 Å². The van der Waals surface area contributed by atoms with Crippen molar-refractivity contribution in [2.45, 2.75) is 64.4 Å². The van der Waals surface area contributed by atoms with Crippen LogP contribution in [0.2, 0.25) is 0 Å². The lowest BCUT2D eigenvalue weighted by molar-refractivity contribution is -0.137. The molecule has 1 aliphatic rings. The number of nitrogens with one attached hydrogen (secondary N) is 1. The molecule has 23 heavy (non-hydrogen) atoms. The SMILES string of the molecule is CC(C)(C)C1CCC(SNCc2ccc(C(F)(F)F)cc2)CC1. The topological polar surface area (TPSA) is 12.0 Å². The first-order valence-electron chi connectivity index (χ1n) is 8.21. The van der Waals surface area contributed by atoms with E-state index in [1.807, 2.05) is 0 Å². The number of rotatable bonds is 4. The monoisotopic (exact) mass is 345 g/mol. The summed E-state index contributed by atoms with van der Waals surface area (Å²) in [4.78, 5) is 0. The van der Waals surface area contributed by atoms with Gasteiger partial charge in [-0.1, -0.05) is 44.9 Å². The molecule has 1 N–H and O–H groups in total. The molecule has 1 aromatic rings. The molecule has 0 spiro atoms. The summed E-state index contributed by atoms with van der Waals surface area (Å²) in [7, 11) is 0. The molecule has 0 aromatic heterocycles. The Morgan fingerprint density at radius 3 is 2.04 bits per heavy atom. The average molecular weight is 345 g/mol. The van der Waals surface area contributed by atoms with Crippen LogP contribution in [0.3, 0.4) is 0 Å². The molecule has 0 bridgehead atoms. The van der Waals surface area contributed by atoms with Crippen LogP contribution in [0.15, 0.2) is 24.3 Å². The van der Waals surface area contributed by atoms with Crippen molar-refractivity contribution in [3.63, 3.8) is 0 Å². The fourth-order valence-electron chi connectivity index (χ4n) is 3.10. The summed E-state index contributed by atoms with van der Waals surface area (Å²) in [6, 6.07) is 5.40. The number of hydrogen-bond donors (Lipinski definition) is 1. The van der Waals surface area contributed by atoms with Crippen LogP contribution < -0.4 is 4.72 Å². The molecule has 0 atom stereocenters. The second-order valence-corrected chi connectivity index (χ2v) is 8.66. The minimum atomic E-state index is -4.26. The van der Waals surface area contributed by atoms with Gasteiger partial charge in [0, 0.05) is 11.8 Å². The summed E-state index contributed by atoms with van der Waals surface area (Å²) in [6.45, 7) is 7.54. The lowest BCUT2D eigenvalue weighted by atomic mass is 9.72. The number of alkyl halides is 3. The van der Waals surface area contributed by atoms with Gasteiger partial charge in [0.1, 0.15) is 0 Å². The molecule has 0 amide bonds. The Balaban J connectivity index is 1.72. The first-order chi connectivity index (χ1) is 10.7. The first kappa shape index (κ1) is 18.7. The third kappa shape index (κ3) is 5.71. The molecule has 0 radical (unpaired) electrons. The molecular weight excluding hydrogens is 319 g/mol. The van der Waals surface area contributed by atoms with Gasteiger partial charge in [0.25, 0.3) is 0 Å². The fraction of sp³-hybridized carbons (Fsp3) is 0.667. The largest absolute Gasteiger partial charge is 0.416 e. The Morgan fingerprint density at radius 1 is 1.00 bits per heavy atom. The van der Waals surface area contributed by atoms with Gasteiger partial charge >= 0.3 is 6.18 Å². The Kier molecular flexibility index (Phi) is 6.06. The summed E-state index contributed by atoms with van der Waals surface area (Å²) in [5, 5.41) is 0.614. The second kappa shape index (κ2) is 7.47. The van der Waals surface area contributed by atoms with Gasteiger partial charge < -0.3 is 0 Å². The predicted molar refractivity (Wildman–Crippen MR) is 91.1 cm³/mol. The van der Waals surface area contributed by atoms with Crippen molar-refractivity contribution in [1.29, 1.82) is 0 Å². The highest BCUT2D eigenvalue weighted by Gasteiger charge is 2.30. The average Bonchev–Trinajstić information content (AvgIpc) is 2.46. The zero-order valence-electron chi connectivity index (χ0n) is 14.0. The van der Waals surface area contributed by atoms with Gasteiger partial charge in [-0.2, -0.15) is 13.2 Å². The lowest BCUT2D eigenvalue weighted by Gasteiger charge is -2.36. The minimum absolute atomic E-state index is 0.392. The molecule has 0 heterocycles. The van der Waals surface area contributed by atoms with Crippen molar-refractivity contribution < 1.29 is 13.2 Å². The molecule has 5 heteroatoms. The van der Waals surface area contributed by atoms with Crippen LogP contribution >= 0.6 is 11.9 Å². The Bertz CT molecular complexity index is 482. The molecule has 0 unspecified atom stereocenters. The smallest absolute Gasteiger partial charge is 0.259 e. The summed E-state index contributed by atoms with van der Waals surface area (Å²) < 4.78 is 40.8. The van der Waals surface area contributed by atoms with E-state index in [1.165, 1.54) is 25.7 Å². The van der Waals surface area contributed by atoms with E-state index < -0.39 is 11.7 Å². The highest BCUT2D eigenvalue weighted by atomic mass is 32.2. The van der Waals surface area contributed by atoms with Crippen LogP contribution in [0, 0.1) is 11.3 Å².